The molecule has 1 aliphatic heterocycles. The molecule has 0 aromatic heterocycles. The zero-order valence-corrected chi connectivity index (χ0v) is 11.4. The van der Waals surface area contributed by atoms with Gasteiger partial charge in [0.25, 0.3) is 0 Å². The zero-order valence-electron chi connectivity index (χ0n) is 11.4. The Morgan fingerprint density at radius 2 is 1.31 bits per heavy atom. The Morgan fingerprint density at radius 3 is 1.56 bits per heavy atom. The Morgan fingerprint density at radius 1 is 0.938 bits per heavy atom. The summed E-state index contributed by atoms with van der Waals surface area (Å²) < 4.78 is 11.9. The first-order chi connectivity index (χ1) is 7.08. The molecule has 0 spiro atoms. The Hall–Kier alpha value is -0.605. The lowest BCUT2D eigenvalue weighted by Crippen LogP contribution is -2.41. The summed E-state index contributed by atoms with van der Waals surface area (Å²) in [5, 5.41) is 7.79. The number of allylic oxidation sites excluding steroid dienone is 2. The van der Waals surface area contributed by atoms with E-state index in [1.54, 1.807) is 6.92 Å². The lowest BCUT2D eigenvalue weighted by Gasteiger charge is -2.32. The van der Waals surface area contributed by atoms with Crippen molar-refractivity contribution in [2.24, 2.45) is 0 Å². The van der Waals surface area contributed by atoms with Crippen LogP contribution in [-0.2, 0) is 9.31 Å². The van der Waals surface area contributed by atoms with Gasteiger partial charge in [-0.25, -0.2) is 0 Å². The molecule has 0 amide bonds. The molecule has 1 aliphatic rings. The van der Waals surface area contributed by atoms with E-state index >= 15 is 0 Å². The summed E-state index contributed by atoms with van der Waals surface area (Å²) in [6.45, 7) is 13.8. The first-order valence-corrected chi connectivity index (χ1v) is 5.67. The van der Waals surface area contributed by atoms with E-state index in [2.05, 4.69) is 0 Å². The molecule has 1 saturated heterocycles. The highest BCUT2D eigenvalue weighted by molar-refractivity contribution is 6.62. The molecule has 0 aromatic carbocycles. The van der Waals surface area contributed by atoms with Gasteiger partial charge in [0, 0.05) is 11.2 Å². The number of hydrogen-bond donors (Lipinski definition) is 1. The van der Waals surface area contributed by atoms with E-state index in [1.165, 1.54) is 0 Å². The Labute approximate surface area is 98.9 Å². The maximum absolute atomic E-state index is 7.79. The summed E-state index contributed by atoms with van der Waals surface area (Å²) in [5.41, 5.74) is 1.77. The summed E-state index contributed by atoms with van der Waals surface area (Å²) in [6.07, 6.45) is 0. The predicted octanol–water partition coefficient (Wildman–Crippen LogP) is 2.99. The summed E-state index contributed by atoms with van der Waals surface area (Å²) in [7, 11) is -0.410. The fourth-order valence-electron chi connectivity index (χ4n) is 1.75. The molecular formula is C12H22BNO2. The van der Waals surface area contributed by atoms with Gasteiger partial charge >= 0.3 is 7.12 Å². The lowest BCUT2D eigenvalue weighted by atomic mass is 9.73. The molecule has 0 aromatic rings. The van der Waals surface area contributed by atoms with Gasteiger partial charge in [-0.15, -0.1) is 0 Å². The largest absolute Gasteiger partial charge is 0.496 e. The molecule has 1 fully saturated rings. The zero-order chi connectivity index (χ0) is 12.7. The molecule has 90 valence electrons. The molecule has 1 heterocycles. The fourth-order valence-corrected chi connectivity index (χ4v) is 1.75. The molecule has 3 nitrogen and oxygen atoms in total. The first kappa shape index (κ1) is 13.5. The molecule has 0 unspecified atom stereocenters. The molecule has 0 bridgehead atoms. The van der Waals surface area contributed by atoms with Gasteiger partial charge in [0.2, 0.25) is 0 Å². The van der Waals surface area contributed by atoms with E-state index in [9.17, 15) is 0 Å². The van der Waals surface area contributed by atoms with E-state index in [1.807, 2.05) is 41.5 Å². The van der Waals surface area contributed by atoms with Crippen LogP contribution in [-0.4, -0.2) is 24.0 Å². The van der Waals surface area contributed by atoms with Gasteiger partial charge in [-0.3, -0.25) is 0 Å². The third-order valence-electron chi connectivity index (χ3n) is 3.43. The Kier molecular flexibility index (Phi) is 3.37. The van der Waals surface area contributed by atoms with Gasteiger partial charge < -0.3 is 14.7 Å². The van der Waals surface area contributed by atoms with Crippen LogP contribution in [0.4, 0.5) is 0 Å². The van der Waals surface area contributed by atoms with Gasteiger partial charge in [0.05, 0.1) is 11.2 Å². The number of nitrogens with one attached hydrogen (secondary N) is 1. The highest BCUT2D eigenvalue weighted by atomic mass is 16.7. The monoisotopic (exact) mass is 223 g/mol. The second-order valence-electron chi connectivity index (χ2n) is 5.63. The van der Waals surface area contributed by atoms with Crippen LogP contribution in [0.25, 0.3) is 0 Å². The molecule has 1 N–H and O–H groups in total. The Bertz CT molecular complexity index is 325. The highest BCUT2D eigenvalue weighted by Crippen LogP contribution is 2.39. The molecule has 4 heteroatoms. The van der Waals surface area contributed by atoms with E-state index in [-0.39, 0.29) is 11.2 Å². The topological polar surface area (TPSA) is 42.3 Å². The second kappa shape index (κ2) is 4.00. The lowest BCUT2D eigenvalue weighted by molar-refractivity contribution is 0.00578. The minimum Gasteiger partial charge on any atom is -0.399 e. The van der Waals surface area contributed by atoms with Gasteiger partial charge in [-0.2, -0.15) is 0 Å². The van der Waals surface area contributed by atoms with Gasteiger partial charge in [-0.05, 0) is 48.5 Å². The smallest absolute Gasteiger partial charge is 0.399 e. The van der Waals surface area contributed by atoms with Crippen LogP contribution in [0.1, 0.15) is 48.5 Å². The summed E-state index contributed by atoms with van der Waals surface area (Å²) in [6, 6.07) is 0. The maximum atomic E-state index is 7.79. The Balaban J connectivity index is 3.04. The SMILES string of the molecule is CC(=N)C(B1OC(C)(C)C(C)(C)O1)=C(C)C. The molecule has 0 atom stereocenters. The minimum atomic E-state index is -0.410. The van der Waals surface area contributed by atoms with Crippen molar-refractivity contribution in [2.45, 2.75) is 59.7 Å². The van der Waals surface area contributed by atoms with Gasteiger partial charge in [-0.1, -0.05) is 5.57 Å². The third kappa shape index (κ3) is 2.23. The van der Waals surface area contributed by atoms with Crippen LogP contribution in [0.15, 0.2) is 11.0 Å². The van der Waals surface area contributed by atoms with Crippen LogP contribution < -0.4 is 0 Å². The van der Waals surface area contributed by atoms with Crippen LogP contribution in [0, 0.1) is 5.41 Å². The molecule has 0 radical (unpaired) electrons. The summed E-state index contributed by atoms with van der Waals surface area (Å²) in [5.74, 6) is 0. The van der Waals surface area contributed by atoms with Gasteiger partial charge in [0.1, 0.15) is 0 Å². The van der Waals surface area contributed by atoms with Crippen molar-refractivity contribution in [3.05, 3.63) is 11.0 Å². The summed E-state index contributed by atoms with van der Waals surface area (Å²) in [4.78, 5) is 0. The van der Waals surface area contributed by atoms with Crippen molar-refractivity contribution >= 4 is 12.8 Å². The van der Waals surface area contributed by atoms with E-state index in [0.717, 1.165) is 11.0 Å². The van der Waals surface area contributed by atoms with Crippen molar-refractivity contribution < 1.29 is 9.31 Å². The van der Waals surface area contributed by atoms with Crippen molar-refractivity contribution in [3.63, 3.8) is 0 Å². The molecular weight excluding hydrogens is 201 g/mol. The van der Waals surface area contributed by atoms with E-state index in [4.69, 9.17) is 14.7 Å². The van der Waals surface area contributed by atoms with Crippen LogP contribution in [0.2, 0.25) is 0 Å². The molecule has 1 rings (SSSR count). The molecule has 0 aliphatic carbocycles. The van der Waals surface area contributed by atoms with Crippen LogP contribution >= 0.6 is 0 Å². The highest BCUT2D eigenvalue weighted by Gasteiger charge is 2.52. The predicted molar refractivity (Wildman–Crippen MR) is 67.9 cm³/mol. The standard InChI is InChI=1S/C12H22BNO2/c1-8(2)10(9(3)14)13-15-11(4,5)12(6,7)16-13/h14H,1-7H3. The van der Waals surface area contributed by atoms with Crippen LogP contribution in [0.3, 0.4) is 0 Å². The third-order valence-corrected chi connectivity index (χ3v) is 3.43. The first-order valence-electron chi connectivity index (χ1n) is 5.67. The number of rotatable bonds is 2. The summed E-state index contributed by atoms with van der Waals surface area (Å²) >= 11 is 0. The molecule has 0 saturated carbocycles. The van der Waals surface area contributed by atoms with Crippen molar-refractivity contribution in [2.75, 3.05) is 0 Å². The van der Waals surface area contributed by atoms with E-state index < -0.39 is 7.12 Å². The maximum Gasteiger partial charge on any atom is 0.496 e. The normalized spacial score (nSPS) is 22.1. The minimum absolute atomic E-state index is 0.339. The van der Waals surface area contributed by atoms with Crippen molar-refractivity contribution in [1.82, 2.24) is 0 Å². The average molecular weight is 223 g/mol. The quantitative estimate of drug-likeness (QED) is 0.577. The van der Waals surface area contributed by atoms with Crippen molar-refractivity contribution in [1.29, 1.82) is 5.41 Å². The average Bonchev–Trinajstić information content (AvgIpc) is 2.17. The van der Waals surface area contributed by atoms with Gasteiger partial charge in [0.15, 0.2) is 0 Å². The van der Waals surface area contributed by atoms with Crippen LogP contribution in [0.5, 0.6) is 0 Å². The second-order valence-corrected chi connectivity index (χ2v) is 5.63. The fraction of sp³-hybridized carbons (Fsp3) is 0.750. The van der Waals surface area contributed by atoms with E-state index in [0.29, 0.717) is 5.71 Å². The number of hydrogen-bond acceptors (Lipinski definition) is 3. The van der Waals surface area contributed by atoms with Crippen molar-refractivity contribution in [3.8, 4) is 0 Å². The molecule has 16 heavy (non-hydrogen) atoms.